The molecule has 1 aromatic heterocycles. The van der Waals surface area contributed by atoms with E-state index in [-0.39, 0.29) is 23.6 Å². The molecule has 0 bridgehead atoms. The van der Waals surface area contributed by atoms with Crippen LogP contribution in [0.3, 0.4) is 0 Å². The Morgan fingerprint density at radius 2 is 1.90 bits per heavy atom. The number of alkyl halides is 5. The van der Waals surface area contributed by atoms with Crippen molar-refractivity contribution < 1.29 is 31.5 Å². The number of nitrogens with two attached hydrogens (primary N) is 1. The van der Waals surface area contributed by atoms with Gasteiger partial charge in [0.1, 0.15) is 11.4 Å². The van der Waals surface area contributed by atoms with Gasteiger partial charge in [0.25, 0.3) is 6.43 Å². The van der Waals surface area contributed by atoms with Gasteiger partial charge in [0.2, 0.25) is 0 Å². The first kappa shape index (κ1) is 23.9. The number of rotatable bonds is 6. The largest absolute Gasteiger partial charge is 0.465 e. The second-order valence-corrected chi connectivity index (χ2v) is 7.59. The highest BCUT2D eigenvalue weighted by atomic mass is 32.1. The van der Waals surface area contributed by atoms with E-state index in [2.05, 4.69) is 22.3 Å². The molecule has 0 spiro atoms. The molecular weight excluding hydrogens is 427 g/mol. The van der Waals surface area contributed by atoms with E-state index in [0.717, 1.165) is 7.11 Å². The highest BCUT2D eigenvalue weighted by Gasteiger charge is 2.42. The summed E-state index contributed by atoms with van der Waals surface area (Å²) in [6.45, 7) is 3.38. The lowest BCUT2D eigenvalue weighted by Gasteiger charge is -2.25. The summed E-state index contributed by atoms with van der Waals surface area (Å²) in [5, 5.41) is -1.22. The molecule has 1 atom stereocenters. The van der Waals surface area contributed by atoms with Crippen LogP contribution in [0.15, 0.2) is 24.3 Å². The minimum absolute atomic E-state index is 0.0928. The summed E-state index contributed by atoms with van der Waals surface area (Å²) >= 11 is 4.35. The van der Waals surface area contributed by atoms with E-state index in [9.17, 15) is 26.7 Å². The number of thiol groups is 1. The Balaban J connectivity index is 2.99. The number of aromatic nitrogens is 1. The average Bonchev–Trinajstić information content (AvgIpc) is 2.64. The van der Waals surface area contributed by atoms with Crippen LogP contribution in [0.2, 0.25) is 0 Å². The van der Waals surface area contributed by atoms with Crippen LogP contribution in [-0.4, -0.2) is 18.1 Å². The molecule has 30 heavy (non-hydrogen) atoms. The van der Waals surface area contributed by atoms with Crippen molar-refractivity contribution in [2.24, 2.45) is 5.92 Å². The summed E-state index contributed by atoms with van der Waals surface area (Å²) in [5.74, 6) is -1.45. The van der Waals surface area contributed by atoms with Gasteiger partial charge in [-0.3, -0.25) is 0 Å². The summed E-state index contributed by atoms with van der Waals surface area (Å²) < 4.78 is 73.6. The lowest BCUT2D eigenvalue weighted by atomic mass is 9.87. The summed E-state index contributed by atoms with van der Waals surface area (Å²) in [6.07, 6.45) is -8.56. The number of carbonyl (C=O) groups excluding carboxylic acids is 1. The van der Waals surface area contributed by atoms with Crippen molar-refractivity contribution in [1.82, 2.24) is 4.98 Å². The van der Waals surface area contributed by atoms with Crippen LogP contribution in [0.25, 0.3) is 0 Å². The Morgan fingerprint density at radius 3 is 2.37 bits per heavy atom. The standard InChI is InChI=1S/C20H21F5N2O2S/c1-9(2)7-12-13(19(28)29-3)15(18(21)22)27-17(20(23,24)25)14(12)16(30)10-5-4-6-11(26)8-10/h4-6,8-9,16,18,30H,7,26H2,1-3H3. The number of esters is 1. The third-order valence-electron chi connectivity index (χ3n) is 4.35. The van der Waals surface area contributed by atoms with E-state index in [4.69, 9.17) is 5.73 Å². The number of benzene rings is 1. The fraction of sp³-hybridized carbons (Fsp3) is 0.400. The molecule has 2 N–H and O–H groups in total. The number of anilines is 1. The third-order valence-corrected chi connectivity index (χ3v) is 4.90. The zero-order valence-electron chi connectivity index (χ0n) is 16.4. The Bertz CT molecular complexity index is 932. The maximum Gasteiger partial charge on any atom is 0.433 e. The number of hydrogen-bond acceptors (Lipinski definition) is 5. The Kier molecular flexibility index (Phi) is 7.33. The van der Waals surface area contributed by atoms with Gasteiger partial charge in [0.15, 0.2) is 0 Å². The first-order valence-corrected chi connectivity index (χ1v) is 9.43. The molecule has 0 saturated carbocycles. The second-order valence-electron chi connectivity index (χ2n) is 7.07. The minimum atomic E-state index is -5.05. The van der Waals surface area contributed by atoms with Crippen LogP contribution in [0.1, 0.15) is 64.0 Å². The quantitative estimate of drug-likeness (QED) is 0.260. The highest BCUT2D eigenvalue weighted by molar-refractivity contribution is 7.80. The summed E-state index contributed by atoms with van der Waals surface area (Å²) in [4.78, 5) is 15.5. The monoisotopic (exact) mass is 448 g/mol. The van der Waals surface area contributed by atoms with Gasteiger partial charge in [-0.15, -0.1) is 0 Å². The van der Waals surface area contributed by atoms with E-state index in [1.54, 1.807) is 19.9 Å². The predicted molar refractivity (Wildman–Crippen MR) is 106 cm³/mol. The number of nitrogens with zero attached hydrogens (tertiary/aromatic N) is 1. The average molecular weight is 448 g/mol. The molecule has 0 saturated heterocycles. The minimum Gasteiger partial charge on any atom is -0.465 e. The normalized spacial score (nSPS) is 13.0. The molecule has 4 nitrogen and oxygen atoms in total. The van der Waals surface area contributed by atoms with Gasteiger partial charge in [0.05, 0.1) is 17.9 Å². The van der Waals surface area contributed by atoms with E-state index in [1.807, 2.05) is 0 Å². The van der Waals surface area contributed by atoms with Gasteiger partial charge < -0.3 is 10.5 Å². The van der Waals surface area contributed by atoms with Gasteiger partial charge in [-0.2, -0.15) is 25.8 Å². The number of pyridine rings is 1. The van der Waals surface area contributed by atoms with Crippen molar-refractivity contribution in [2.75, 3.05) is 12.8 Å². The smallest absolute Gasteiger partial charge is 0.433 e. The molecular formula is C20H21F5N2O2S. The maximum atomic E-state index is 13.9. The summed E-state index contributed by atoms with van der Waals surface area (Å²) in [5.41, 5.74) is 2.22. The second kappa shape index (κ2) is 9.20. The van der Waals surface area contributed by atoms with Crippen LogP contribution >= 0.6 is 12.6 Å². The number of methoxy groups -OCH3 is 1. The number of nitrogen functional groups attached to an aromatic ring is 1. The van der Waals surface area contributed by atoms with E-state index in [0.29, 0.717) is 5.56 Å². The molecule has 1 heterocycles. The molecule has 2 aromatic rings. The van der Waals surface area contributed by atoms with E-state index >= 15 is 0 Å². The number of halogens is 5. The van der Waals surface area contributed by atoms with Gasteiger partial charge >= 0.3 is 12.1 Å². The topological polar surface area (TPSA) is 65.2 Å². The molecule has 0 fully saturated rings. The molecule has 1 unspecified atom stereocenters. The van der Waals surface area contributed by atoms with Crippen molar-refractivity contribution in [1.29, 1.82) is 0 Å². The van der Waals surface area contributed by atoms with Crippen LogP contribution in [0.4, 0.5) is 27.6 Å². The molecule has 0 aliphatic heterocycles. The molecule has 164 valence electrons. The van der Waals surface area contributed by atoms with E-state index in [1.165, 1.54) is 18.2 Å². The molecule has 0 aliphatic carbocycles. The number of hydrogen-bond donors (Lipinski definition) is 2. The maximum absolute atomic E-state index is 13.9. The SMILES string of the molecule is COC(=O)c1c(C(F)F)nc(C(F)(F)F)c(C(S)c2cccc(N)c2)c1CC(C)C. The van der Waals surface area contributed by atoms with Crippen molar-refractivity contribution in [3.63, 3.8) is 0 Å². The molecule has 0 aliphatic rings. The van der Waals surface area contributed by atoms with Crippen LogP contribution < -0.4 is 5.73 Å². The predicted octanol–water partition coefficient (Wildman–Crippen LogP) is 5.62. The van der Waals surface area contributed by atoms with Gasteiger partial charge in [-0.1, -0.05) is 26.0 Å². The molecule has 0 radical (unpaired) electrons. The first-order valence-electron chi connectivity index (χ1n) is 8.92. The lowest BCUT2D eigenvalue weighted by Crippen LogP contribution is -2.23. The van der Waals surface area contributed by atoms with Crippen LogP contribution in [0, 0.1) is 5.92 Å². The third kappa shape index (κ3) is 5.03. The Labute approximate surface area is 176 Å². The van der Waals surface area contributed by atoms with Crippen LogP contribution in [-0.2, 0) is 17.3 Å². The zero-order valence-corrected chi connectivity index (χ0v) is 17.3. The van der Waals surface area contributed by atoms with Crippen LogP contribution in [0.5, 0.6) is 0 Å². The van der Waals surface area contributed by atoms with Gasteiger partial charge in [-0.05, 0) is 35.6 Å². The Hall–Kier alpha value is -2.36. The molecule has 1 aromatic carbocycles. The molecule has 10 heteroatoms. The molecule has 0 amide bonds. The Morgan fingerprint density at radius 1 is 1.27 bits per heavy atom. The van der Waals surface area contributed by atoms with Crippen molar-refractivity contribution >= 4 is 24.3 Å². The zero-order chi connectivity index (χ0) is 22.8. The fourth-order valence-corrected chi connectivity index (χ4v) is 3.62. The lowest BCUT2D eigenvalue weighted by molar-refractivity contribution is -0.142. The van der Waals surface area contributed by atoms with Crippen molar-refractivity contribution in [3.05, 3.63) is 57.9 Å². The fourth-order valence-electron chi connectivity index (χ4n) is 3.18. The van der Waals surface area contributed by atoms with Gasteiger partial charge in [-0.25, -0.2) is 18.6 Å². The number of ether oxygens (including phenoxy) is 1. The first-order chi connectivity index (χ1) is 13.9. The summed E-state index contributed by atoms with van der Waals surface area (Å²) in [7, 11) is 0.962. The highest BCUT2D eigenvalue weighted by Crippen LogP contribution is 2.44. The van der Waals surface area contributed by atoms with Crippen molar-refractivity contribution in [3.8, 4) is 0 Å². The number of carbonyl (C=O) groups is 1. The molecule has 2 rings (SSSR count). The van der Waals surface area contributed by atoms with Gasteiger partial charge in [0, 0.05) is 11.3 Å². The van der Waals surface area contributed by atoms with E-state index < -0.39 is 46.3 Å². The van der Waals surface area contributed by atoms with Crippen molar-refractivity contribution in [2.45, 2.75) is 38.1 Å². The summed E-state index contributed by atoms with van der Waals surface area (Å²) in [6, 6.07) is 6.01.